The van der Waals surface area contributed by atoms with E-state index in [-0.39, 0.29) is 5.78 Å². The van der Waals surface area contributed by atoms with E-state index in [0.717, 1.165) is 31.2 Å². The molecule has 2 rings (SSSR count). The van der Waals surface area contributed by atoms with Crippen LogP contribution >= 0.6 is 0 Å². The van der Waals surface area contributed by atoms with Crippen LogP contribution in [-0.2, 0) is 16.0 Å². The molecule has 0 saturated heterocycles. The van der Waals surface area contributed by atoms with Crippen LogP contribution in [-0.4, -0.2) is 18.5 Å². The van der Waals surface area contributed by atoms with Gasteiger partial charge in [-0.15, -0.1) is 0 Å². The van der Waals surface area contributed by atoms with Crippen molar-refractivity contribution in [2.45, 2.75) is 51.6 Å². The quantitative estimate of drug-likeness (QED) is 0.814. The highest BCUT2D eigenvalue weighted by Crippen LogP contribution is 2.34. The molecule has 0 aromatic heterocycles. The van der Waals surface area contributed by atoms with Crippen molar-refractivity contribution in [2.24, 2.45) is 0 Å². The number of hydrogen-bond acceptors (Lipinski definition) is 2. The van der Waals surface area contributed by atoms with Crippen LogP contribution in [0.4, 0.5) is 0 Å². The van der Waals surface area contributed by atoms with Gasteiger partial charge in [-0.2, -0.15) is 0 Å². The van der Waals surface area contributed by atoms with Crippen LogP contribution in [0.5, 0.6) is 0 Å². The molecule has 1 aliphatic carbocycles. The third-order valence-corrected chi connectivity index (χ3v) is 4.25. The number of carbonyl (C=O) groups excluding carboxylic acids is 1. The molecule has 0 bridgehead atoms. The van der Waals surface area contributed by atoms with Gasteiger partial charge in [0.25, 0.3) is 0 Å². The van der Waals surface area contributed by atoms with Crippen LogP contribution < -0.4 is 0 Å². The summed E-state index contributed by atoms with van der Waals surface area (Å²) in [6, 6.07) is 6.26. The molecule has 98 valence electrons. The summed E-state index contributed by atoms with van der Waals surface area (Å²) >= 11 is 0. The van der Waals surface area contributed by atoms with Crippen LogP contribution in [0, 0.1) is 13.8 Å². The molecular weight excluding hydrogens is 224 g/mol. The summed E-state index contributed by atoms with van der Waals surface area (Å²) < 4.78 is 5.54. The van der Waals surface area contributed by atoms with Crippen molar-refractivity contribution >= 4 is 5.78 Å². The molecule has 1 aromatic carbocycles. The Bertz CT molecular complexity index is 442. The Morgan fingerprint density at radius 3 is 2.44 bits per heavy atom. The summed E-state index contributed by atoms with van der Waals surface area (Å²) in [5.41, 5.74) is 3.12. The topological polar surface area (TPSA) is 26.3 Å². The van der Waals surface area contributed by atoms with Crippen molar-refractivity contribution in [3.05, 3.63) is 34.9 Å². The van der Waals surface area contributed by atoms with Crippen LogP contribution in [0.15, 0.2) is 18.2 Å². The van der Waals surface area contributed by atoms with Gasteiger partial charge in [0.1, 0.15) is 5.60 Å². The normalized spacial score (nSPS) is 17.9. The predicted octanol–water partition coefficient (Wildman–Crippen LogP) is 3.37. The summed E-state index contributed by atoms with van der Waals surface area (Å²) in [7, 11) is 1.67. The van der Waals surface area contributed by atoms with E-state index < -0.39 is 5.60 Å². The van der Waals surface area contributed by atoms with Gasteiger partial charge >= 0.3 is 0 Å². The smallest absolute Gasteiger partial charge is 0.168 e. The first kappa shape index (κ1) is 13.3. The molecule has 0 amide bonds. The SMILES string of the molecule is COC1(C(=O)Cc2ccc(C)c(C)c2)CCCC1. The van der Waals surface area contributed by atoms with Crippen molar-refractivity contribution < 1.29 is 9.53 Å². The molecule has 2 heteroatoms. The Hall–Kier alpha value is -1.15. The molecule has 0 N–H and O–H groups in total. The largest absolute Gasteiger partial charge is 0.370 e. The van der Waals surface area contributed by atoms with Gasteiger partial charge in [0.15, 0.2) is 5.78 Å². The number of ketones is 1. The molecule has 0 heterocycles. The van der Waals surface area contributed by atoms with Crippen molar-refractivity contribution in [1.29, 1.82) is 0 Å². The average molecular weight is 246 g/mol. The second-order valence-electron chi connectivity index (χ2n) is 5.42. The van der Waals surface area contributed by atoms with Gasteiger partial charge in [0.2, 0.25) is 0 Å². The van der Waals surface area contributed by atoms with E-state index in [9.17, 15) is 4.79 Å². The Kier molecular flexibility index (Phi) is 3.86. The zero-order valence-corrected chi connectivity index (χ0v) is 11.6. The Balaban J connectivity index is 2.13. The zero-order chi connectivity index (χ0) is 13.2. The lowest BCUT2D eigenvalue weighted by atomic mass is 9.90. The summed E-state index contributed by atoms with van der Waals surface area (Å²) in [5, 5.41) is 0. The van der Waals surface area contributed by atoms with Gasteiger partial charge in [-0.3, -0.25) is 4.79 Å². The molecule has 1 aromatic rings. The Morgan fingerprint density at radius 1 is 1.22 bits per heavy atom. The van der Waals surface area contributed by atoms with Gasteiger partial charge in [-0.05, 0) is 56.2 Å². The van der Waals surface area contributed by atoms with E-state index in [4.69, 9.17) is 4.74 Å². The van der Waals surface area contributed by atoms with E-state index in [0.29, 0.717) is 6.42 Å². The number of ether oxygens (including phenoxy) is 1. The van der Waals surface area contributed by atoms with Crippen LogP contribution in [0.2, 0.25) is 0 Å². The van der Waals surface area contributed by atoms with E-state index >= 15 is 0 Å². The minimum Gasteiger partial charge on any atom is -0.370 e. The average Bonchev–Trinajstić information content (AvgIpc) is 2.84. The third-order valence-electron chi connectivity index (χ3n) is 4.25. The highest BCUT2D eigenvalue weighted by atomic mass is 16.5. The molecule has 1 aliphatic rings. The summed E-state index contributed by atoms with van der Waals surface area (Å²) in [4.78, 5) is 12.4. The van der Waals surface area contributed by atoms with Crippen LogP contribution in [0.3, 0.4) is 0 Å². The van der Waals surface area contributed by atoms with Gasteiger partial charge < -0.3 is 4.74 Å². The number of Topliss-reactive ketones (excluding diaryl/α,β-unsaturated/α-hetero) is 1. The fourth-order valence-electron chi connectivity index (χ4n) is 2.80. The monoisotopic (exact) mass is 246 g/mol. The lowest BCUT2D eigenvalue weighted by Crippen LogP contribution is -2.38. The zero-order valence-electron chi connectivity index (χ0n) is 11.6. The van der Waals surface area contributed by atoms with Gasteiger partial charge in [0.05, 0.1) is 0 Å². The predicted molar refractivity (Wildman–Crippen MR) is 72.8 cm³/mol. The van der Waals surface area contributed by atoms with E-state index in [1.54, 1.807) is 7.11 Å². The molecule has 1 fully saturated rings. The summed E-state index contributed by atoms with van der Waals surface area (Å²) in [6.07, 6.45) is 4.47. The minimum absolute atomic E-state index is 0.241. The maximum Gasteiger partial charge on any atom is 0.168 e. The summed E-state index contributed by atoms with van der Waals surface area (Å²) in [5.74, 6) is 0.241. The molecule has 18 heavy (non-hydrogen) atoms. The van der Waals surface area contributed by atoms with Crippen LogP contribution in [0.1, 0.15) is 42.4 Å². The van der Waals surface area contributed by atoms with E-state index in [2.05, 4.69) is 32.0 Å². The highest BCUT2D eigenvalue weighted by molar-refractivity contribution is 5.89. The number of carbonyl (C=O) groups is 1. The maximum absolute atomic E-state index is 12.4. The molecule has 0 spiro atoms. The highest BCUT2D eigenvalue weighted by Gasteiger charge is 2.40. The molecule has 0 radical (unpaired) electrons. The summed E-state index contributed by atoms with van der Waals surface area (Å²) in [6.45, 7) is 4.18. The maximum atomic E-state index is 12.4. The van der Waals surface area contributed by atoms with Gasteiger partial charge in [0, 0.05) is 13.5 Å². The fourth-order valence-corrected chi connectivity index (χ4v) is 2.80. The standard InChI is InChI=1S/C16H22O2/c1-12-6-7-14(10-13(12)2)11-15(17)16(18-3)8-4-5-9-16/h6-7,10H,4-5,8-9,11H2,1-3H3. The number of rotatable bonds is 4. The molecule has 0 aliphatic heterocycles. The molecule has 2 nitrogen and oxygen atoms in total. The van der Waals surface area contributed by atoms with Crippen LogP contribution in [0.25, 0.3) is 0 Å². The van der Waals surface area contributed by atoms with Crippen molar-refractivity contribution in [1.82, 2.24) is 0 Å². The van der Waals surface area contributed by atoms with E-state index in [1.165, 1.54) is 11.1 Å². The molecular formula is C16H22O2. The number of benzene rings is 1. The van der Waals surface area contributed by atoms with Crippen molar-refractivity contribution in [3.8, 4) is 0 Å². The lowest BCUT2D eigenvalue weighted by Gasteiger charge is -2.25. The minimum atomic E-state index is -0.501. The first-order valence-electron chi connectivity index (χ1n) is 6.72. The number of hydrogen-bond donors (Lipinski definition) is 0. The van der Waals surface area contributed by atoms with Crippen molar-refractivity contribution in [2.75, 3.05) is 7.11 Å². The van der Waals surface area contributed by atoms with E-state index in [1.807, 2.05) is 0 Å². The third kappa shape index (κ3) is 2.49. The Labute approximate surface area is 109 Å². The van der Waals surface area contributed by atoms with Gasteiger partial charge in [-0.25, -0.2) is 0 Å². The lowest BCUT2D eigenvalue weighted by molar-refractivity contribution is -0.139. The molecule has 0 unspecified atom stereocenters. The fraction of sp³-hybridized carbons (Fsp3) is 0.562. The first-order chi connectivity index (χ1) is 8.57. The Morgan fingerprint density at radius 2 is 1.89 bits per heavy atom. The molecule has 0 atom stereocenters. The second kappa shape index (κ2) is 5.23. The van der Waals surface area contributed by atoms with Gasteiger partial charge in [-0.1, -0.05) is 18.2 Å². The van der Waals surface area contributed by atoms with Crippen molar-refractivity contribution in [3.63, 3.8) is 0 Å². The first-order valence-corrected chi connectivity index (χ1v) is 6.72. The second-order valence-corrected chi connectivity index (χ2v) is 5.42. The number of aryl methyl sites for hydroxylation is 2. The molecule has 1 saturated carbocycles. The number of methoxy groups -OCH3 is 1.